The van der Waals surface area contributed by atoms with Crippen LogP contribution in [0.4, 0.5) is 0 Å². The van der Waals surface area contributed by atoms with Crippen molar-refractivity contribution in [3.05, 3.63) is 40.6 Å². The number of ether oxygens (including phenoxy) is 3. The molecule has 51 heavy (non-hydrogen) atoms. The summed E-state index contributed by atoms with van der Waals surface area (Å²) in [7, 11) is 0. The first kappa shape index (κ1) is 38.6. The number of fused-ring (bicyclic) bond motifs is 1. The second-order valence-corrected chi connectivity index (χ2v) is 15.3. The van der Waals surface area contributed by atoms with E-state index in [0.717, 1.165) is 38.1 Å². The second-order valence-electron chi connectivity index (χ2n) is 15.3. The molecular formula is C36H48O15. The van der Waals surface area contributed by atoms with E-state index < -0.39 is 96.4 Å². The predicted molar refractivity (Wildman–Crippen MR) is 180 cm³/mol. The van der Waals surface area contributed by atoms with Crippen LogP contribution in [0.2, 0.25) is 0 Å². The van der Waals surface area contributed by atoms with Crippen molar-refractivity contribution < 1.29 is 69.7 Å². The maximum Gasteiger partial charge on any atom is 0.239 e. The zero-order valence-corrected chi connectivity index (χ0v) is 29.8. The first-order valence-electron chi connectivity index (χ1n) is 16.5. The number of hydrogen-bond acceptors (Lipinski definition) is 15. The number of rotatable bonds is 7. The predicted octanol–water partition coefficient (Wildman–Crippen LogP) is 2.24. The lowest BCUT2D eigenvalue weighted by Gasteiger charge is -2.63. The lowest BCUT2D eigenvalue weighted by Crippen LogP contribution is -2.82. The van der Waals surface area contributed by atoms with Gasteiger partial charge in [0.05, 0.1) is 12.2 Å². The molecule has 2 aliphatic heterocycles. The minimum atomic E-state index is -2.50. The minimum absolute atomic E-state index is 0.0250. The summed E-state index contributed by atoms with van der Waals surface area (Å²) in [5.74, 6) is -3.30. The van der Waals surface area contributed by atoms with Crippen LogP contribution in [0.5, 0.6) is 28.7 Å². The van der Waals surface area contributed by atoms with Crippen LogP contribution in [-0.4, -0.2) is 109 Å². The Morgan fingerprint density at radius 2 is 1.37 bits per heavy atom. The average Bonchev–Trinajstić information content (AvgIpc) is 3.02. The van der Waals surface area contributed by atoms with Crippen molar-refractivity contribution in [2.75, 3.05) is 6.61 Å². The van der Waals surface area contributed by atoms with E-state index in [9.17, 15) is 55.9 Å². The Labute approximate surface area is 293 Å². The van der Waals surface area contributed by atoms with Gasteiger partial charge in [-0.25, -0.2) is 0 Å². The third-order valence-corrected chi connectivity index (χ3v) is 12.2. The fraction of sp³-hybridized carbons (Fsp3) is 0.583. The molecule has 15 heteroatoms. The van der Waals surface area contributed by atoms with Gasteiger partial charge in [-0.15, -0.1) is 0 Å². The van der Waals surface area contributed by atoms with Gasteiger partial charge in [0.1, 0.15) is 56.1 Å². The van der Waals surface area contributed by atoms with Crippen molar-refractivity contribution >= 4 is 11.0 Å². The molecule has 10 N–H and O–H groups in total. The Balaban J connectivity index is 1.63. The van der Waals surface area contributed by atoms with Crippen LogP contribution >= 0.6 is 0 Å². The molecular weight excluding hydrogens is 672 g/mol. The molecule has 2 saturated heterocycles. The van der Waals surface area contributed by atoms with E-state index in [4.69, 9.17) is 18.6 Å². The smallest absolute Gasteiger partial charge is 0.239 e. The van der Waals surface area contributed by atoms with Gasteiger partial charge in [-0.1, -0.05) is 6.92 Å². The molecule has 0 aliphatic carbocycles. The third-order valence-electron chi connectivity index (χ3n) is 12.2. The van der Waals surface area contributed by atoms with Gasteiger partial charge in [0.15, 0.2) is 22.9 Å². The molecule has 0 bridgehead atoms. The second kappa shape index (κ2) is 11.7. The molecule has 5 unspecified atom stereocenters. The molecule has 0 spiro atoms. The normalized spacial score (nSPS) is 40.0. The van der Waals surface area contributed by atoms with Crippen molar-refractivity contribution in [1.29, 1.82) is 0 Å². The van der Waals surface area contributed by atoms with Crippen molar-refractivity contribution in [3.63, 3.8) is 0 Å². The maximum atomic E-state index is 14.1. The molecule has 9 atom stereocenters. The highest BCUT2D eigenvalue weighted by Gasteiger charge is 2.73. The molecule has 15 nitrogen and oxygen atoms in total. The number of phenolic OH excluding ortho intramolecular Hbond substituents is 4. The van der Waals surface area contributed by atoms with E-state index in [1.165, 1.54) is 40.7 Å². The molecule has 0 saturated carbocycles. The third kappa shape index (κ3) is 5.28. The monoisotopic (exact) mass is 720 g/mol. The molecule has 2 aromatic carbocycles. The van der Waals surface area contributed by atoms with Crippen LogP contribution < -0.4 is 10.2 Å². The van der Waals surface area contributed by atoms with E-state index in [0.29, 0.717) is 0 Å². The van der Waals surface area contributed by atoms with Gasteiger partial charge in [0, 0.05) is 17.7 Å². The summed E-state index contributed by atoms with van der Waals surface area (Å²) in [4.78, 5) is 14.1. The number of phenols is 4. The van der Waals surface area contributed by atoms with Gasteiger partial charge in [0.2, 0.25) is 17.5 Å². The highest BCUT2D eigenvalue weighted by atomic mass is 16.7. The highest BCUT2D eigenvalue weighted by molar-refractivity contribution is 5.88. The maximum absolute atomic E-state index is 14.1. The quantitative estimate of drug-likeness (QED) is 0.157. The summed E-state index contributed by atoms with van der Waals surface area (Å²) in [6.45, 7) is 10.3. The van der Waals surface area contributed by atoms with Gasteiger partial charge in [-0.3, -0.25) is 4.79 Å². The summed E-state index contributed by atoms with van der Waals surface area (Å²) in [5.41, 5.74) is -18.0. The largest absolute Gasteiger partial charge is 0.508 e. The summed E-state index contributed by atoms with van der Waals surface area (Å²) in [6, 6.07) is 5.37. The van der Waals surface area contributed by atoms with Crippen molar-refractivity contribution in [2.45, 2.75) is 126 Å². The summed E-state index contributed by atoms with van der Waals surface area (Å²) in [6.07, 6.45) is -2.40. The number of hydrogen-bond donors (Lipinski definition) is 10. The lowest BCUT2D eigenvalue weighted by atomic mass is 9.58. The van der Waals surface area contributed by atoms with E-state index in [2.05, 4.69) is 0 Å². The standard InChI is InChI=1S/C36H48O15/c1-9-36(47)29(2,42)17-48-30(3,34(36,7)45)12-13-31(4)33(6,44)35(8,46)32(5,43)28(51-31)50-27-25(41)24-22(40)15-19(37)16-23(24)49-26(27)18-10-11-20(38)21(39)14-18/h10-11,14-16,28,37-40,42-47H,9,12-13,17H2,1-8H3/t28-,29+,30+,31?,32?,33-,34?,35?,36?/m1/s1. The van der Waals surface area contributed by atoms with Crippen molar-refractivity contribution in [3.8, 4) is 40.1 Å². The molecule has 3 aromatic rings. The molecule has 0 radical (unpaired) electrons. The van der Waals surface area contributed by atoms with Crippen LogP contribution in [0.3, 0.4) is 0 Å². The van der Waals surface area contributed by atoms with Gasteiger partial charge in [-0.2, -0.15) is 0 Å². The van der Waals surface area contributed by atoms with Gasteiger partial charge >= 0.3 is 0 Å². The van der Waals surface area contributed by atoms with Crippen LogP contribution in [0.1, 0.15) is 74.7 Å². The van der Waals surface area contributed by atoms with Gasteiger partial charge in [0.25, 0.3) is 0 Å². The summed E-state index contributed by atoms with van der Waals surface area (Å²) >= 11 is 0. The molecule has 3 heterocycles. The van der Waals surface area contributed by atoms with E-state index >= 15 is 0 Å². The number of aliphatic hydroxyl groups is 6. The number of aromatic hydroxyl groups is 4. The van der Waals surface area contributed by atoms with Gasteiger partial charge < -0.3 is 69.7 Å². The Morgan fingerprint density at radius 3 is 1.96 bits per heavy atom. The Hall–Kier alpha value is -3.67. The zero-order valence-electron chi connectivity index (χ0n) is 29.8. The molecule has 1 aromatic heterocycles. The Bertz CT molecular complexity index is 1910. The van der Waals surface area contributed by atoms with Gasteiger partial charge in [-0.05, 0) is 85.9 Å². The lowest BCUT2D eigenvalue weighted by molar-refractivity contribution is -0.404. The molecule has 0 amide bonds. The summed E-state index contributed by atoms with van der Waals surface area (Å²) in [5, 5.41) is 111. The number of benzene rings is 2. The highest BCUT2D eigenvalue weighted by Crippen LogP contribution is 2.55. The molecule has 2 fully saturated rings. The van der Waals surface area contributed by atoms with Crippen molar-refractivity contribution in [1.82, 2.24) is 0 Å². The minimum Gasteiger partial charge on any atom is -0.508 e. The average molecular weight is 721 g/mol. The fourth-order valence-corrected chi connectivity index (χ4v) is 7.52. The van der Waals surface area contributed by atoms with Crippen molar-refractivity contribution in [2.24, 2.45) is 0 Å². The first-order valence-corrected chi connectivity index (χ1v) is 16.5. The van der Waals surface area contributed by atoms with E-state index in [-0.39, 0.29) is 37.0 Å². The topological polar surface area (TPSA) is 260 Å². The van der Waals surface area contributed by atoms with Crippen LogP contribution in [0, 0.1) is 0 Å². The molecule has 282 valence electrons. The first-order chi connectivity index (χ1) is 23.1. The Kier molecular flexibility index (Phi) is 8.82. The van der Waals surface area contributed by atoms with E-state index in [1.807, 2.05) is 0 Å². The SMILES string of the molecule is CCC1(O)C(C)(O)[C@](C)(CCC2(C)O[C@@H](Oc3c(-c4ccc(O)c(O)c4)oc4cc(O)cc(O)c4c3=O)C(C)(O)C(C)(O)[C@]2(C)O)OC[C@]1(C)O. The molecule has 5 rings (SSSR count). The fourth-order valence-electron chi connectivity index (χ4n) is 7.52. The van der Waals surface area contributed by atoms with Crippen LogP contribution in [0.15, 0.2) is 39.5 Å². The summed E-state index contributed by atoms with van der Waals surface area (Å²) < 4.78 is 24.3. The van der Waals surface area contributed by atoms with Crippen LogP contribution in [0.25, 0.3) is 22.3 Å². The molecule has 2 aliphatic rings. The Morgan fingerprint density at radius 1 is 0.765 bits per heavy atom. The van der Waals surface area contributed by atoms with Crippen LogP contribution in [-0.2, 0) is 9.47 Å². The zero-order chi connectivity index (χ0) is 38.5. The van der Waals surface area contributed by atoms with E-state index in [1.54, 1.807) is 6.92 Å².